The van der Waals surface area contributed by atoms with Crippen molar-refractivity contribution in [1.29, 1.82) is 0 Å². The fourth-order valence-corrected chi connectivity index (χ4v) is 6.36. The van der Waals surface area contributed by atoms with E-state index in [-0.39, 0.29) is 23.3 Å². The maximum atomic E-state index is 13.0. The van der Waals surface area contributed by atoms with Gasteiger partial charge in [-0.15, -0.1) is 0 Å². The Balaban J connectivity index is 1.32. The lowest BCUT2D eigenvalue weighted by Gasteiger charge is -2.33. The van der Waals surface area contributed by atoms with Gasteiger partial charge in [-0.3, -0.25) is 4.79 Å². The minimum absolute atomic E-state index is 0.0973. The molecule has 2 aliphatic rings. The van der Waals surface area contributed by atoms with E-state index in [1.165, 1.54) is 35.0 Å². The van der Waals surface area contributed by atoms with Gasteiger partial charge in [-0.2, -0.15) is 4.31 Å². The molecule has 0 radical (unpaired) electrons. The molecule has 1 amide bonds. The molecule has 2 atom stereocenters. The second-order valence-corrected chi connectivity index (χ2v) is 11.6. The molecule has 2 aromatic rings. The number of amides is 1. The van der Waals surface area contributed by atoms with Crippen molar-refractivity contribution in [3.8, 4) is 0 Å². The molecule has 0 bridgehead atoms. The minimum atomic E-state index is -3.64. The summed E-state index contributed by atoms with van der Waals surface area (Å²) in [5.41, 5.74) is 2.27. The van der Waals surface area contributed by atoms with E-state index in [1.807, 2.05) is 0 Å². The van der Waals surface area contributed by atoms with E-state index in [9.17, 15) is 13.2 Å². The molecule has 1 N–H and O–H groups in total. The molecule has 178 valence electrons. The van der Waals surface area contributed by atoms with Gasteiger partial charge in [0, 0.05) is 43.4 Å². The Morgan fingerprint density at radius 1 is 1.00 bits per heavy atom. The van der Waals surface area contributed by atoms with E-state index < -0.39 is 10.0 Å². The van der Waals surface area contributed by atoms with E-state index in [1.54, 1.807) is 12.1 Å². The molecule has 8 heteroatoms. The standard InChI is InChI=1S/C25H32ClN3O3S/c1-19-4-2-14-28(17-19)23-10-6-20(7-11-23)16-27-25(30)21-5-3-15-29(18-21)33(31,32)24-12-8-22(26)9-13-24/h6-13,19,21H,2-5,14-18H2,1H3,(H,27,30)/t19-,21+/m1/s1. The summed E-state index contributed by atoms with van der Waals surface area (Å²) < 4.78 is 27.4. The molecule has 0 unspecified atom stereocenters. The van der Waals surface area contributed by atoms with Gasteiger partial charge >= 0.3 is 0 Å². The molecule has 33 heavy (non-hydrogen) atoms. The highest BCUT2D eigenvalue weighted by Gasteiger charge is 2.33. The summed E-state index contributed by atoms with van der Waals surface area (Å²) in [4.78, 5) is 15.4. The van der Waals surface area contributed by atoms with Crippen LogP contribution in [0.3, 0.4) is 0 Å². The number of piperidine rings is 2. The summed E-state index contributed by atoms with van der Waals surface area (Å²) in [5, 5.41) is 3.49. The molecule has 0 aliphatic carbocycles. The van der Waals surface area contributed by atoms with E-state index in [4.69, 9.17) is 11.6 Å². The highest BCUT2D eigenvalue weighted by atomic mass is 35.5. The van der Waals surface area contributed by atoms with Gasteiger partial charge in [-0.25, -0.2) is 8.42 Å². The SMILES string of the molecule is C[C@@H]1CCCN(c2ccc(CNC(=O)[C@H]3CCCN(S(=O)(=O)c4ccc(Cl)cc4)C3)cc2)C1. The van der Waals surface area contributed by atoms with Gasteiger partial charge in [0.15, 0.2) is 0 Å². The number of anilines is 1. The third-order valence-electron chi connectivity index (χ3n) is 6.63. The fraction of sp³-hybridized carbons (Fsp3) is 0.480. The van der Waals surface area contributed by atoms with Crippen molar-refractivity contribution in [2.24, 2.45) is 11.8 Å². The van der Waals surface area contributed by atoms with Crippen LogP contribution in [0.2, 0.25) is 5.02 Å². The maximum absolute atomic E-state index is 13.0. The molecule has 2 aliphatic heterocycles. The minimum Gasteiger partial charge on any atom is -0.371 e. The van der Waals surface area contributed by atoms with Crippen LogP contribution in [-0.4, -0.2) is 44.8 Å². The zero-order valence-electron chi connectivity index (χ0n) is 19.0. The van der Waals surface area contributed by atoms with Crippen LogP contribution in [0.1, 0.15) is 38.2 Å². The molecule has 4 rings (SSSR count). The van der Waals surface area contributed by atoms with Crippen molar-refractivity contribution < 1.29 is 13.2 Å². The summed E-state index contributed by atoms with van der Waals surface area (Å²) >= 11 is 5.89. The quantitative estimate of drug-likeness (QED) is 0.657. The summed E-state index contributed by atoms with van der Waals surface area (Å²) in [7, 11) is -3.64. The smallest absolute Gasteiger partial charge is 0.243 e. The zero-order chi connectivity index (χ0) is 23.4. The van der Waals surface area contributed by atoms with Crippen LogP contribution in [0.5, 0.6) is 0 Å². The zero-order valence-corrected chi connectivity index (χ0v) is 20.6. The molecular formula is C25H32ClN3O3S. The van der Waals surface area contributed by atoms with Crippen LogP contribution in [0, 0.1) is 11.8 Å². The highest BCUT2D eigenvalue weighted by Crippen LogP contribution is 2.26. The third-order valence-corrected chi connectivity index (χ3v) is 8.76. The predicted octanol–water partition coefficient (Wildman–Crippen LogP) is 4.29. The lowest BCUT2D eigenvalue weighted by molar-refractivity contribution is -0.126. The second kappa shape index (κ2) is 10.5. The van der Waals surface area contributed by atoms with Crippen LogP contribution in [0.4, 0.5) is 5.69 Å². The fourth-order valence-electron chi connectivity index (χ4n) is 4.71. The average molecular weight is 490 g/mol. The first-order valence-corrected chi connectivity index (χ1v) is 13.5. The number of hydrogen-bond donors (Lipinski definition) is 1. The summed E-state index contributed by atoms with van der Waals surface area (Å²) in [5.74, 6) is 0.270. The lowest BCUT2D eigenvalue weighted by atomic mass is 9.98. The van der Waals surface area contributed by atoms with E-state index in [2.05, 4.69) is 41.4 Å². The van der Waals surface area contributed by atoms with Gasteiger partial charge in [-0.05, 0) is 73.6 Å². The number of carbonyl (C=O) groups excluding carboxylic acids is 1. The average Bonchev–Trinajstić information content (AvgIpc) is 2.83. The van der Waals surface area contributed by atoms with Crippen LogP contribution < -0.4 is 10.2 Å². The topological polar surface area (TPSA) is 69.7 Å². The van der Waals surface area contributed by atoms with Gasteiger partial charge in [0.2, 0.25) is 15.9 Å². The van der Waals surface area contributed by atoms with Crippen molar-refractivity contribution in [1.82, 2.24) is 9.62 Å². The van der Waals surface area contributed by atoms with Gasteiger partial charge in [0.25, 0.3) is 0 Å². The molecule has 0 spiro atoms. The molecule has 6 nitrogen and oxygen atoms in total. The van der Waals surface area contributed by atoms with E-state index in [0.717, 1.165) is 24.6 Å². The largest absolute Gasteiger partial charge is 0.371 e. The molecule has 2 saturated heterocycles. The Morgan fingerprint density at radius 2 is 1.70 bits per heavy atom. The molecule has 0 aromatic heterocycles. The van der Waals surface area contributed by atoms with Crippen molar-refractivity contribution in [2.45, 2.75) is 44.0 Å². The number of carbonyl (C=O) groups is 1. The molecular weight excluding hydrogens is 458 g/mol. The number of nitrogens with zero attached hydrogens (tertiary/aromatic N) is 2. The van der Waals surface area contributed by atoms with Gasteiger partial charge in [0.05, 0.1) is 10.8 Å². The van der Waals surface area contributed by atoms with E-state index in [0.29, 0.717) is 31.0 Å². The van der Waals surface area contributed by atoms with Crippen molar-refractivity contribution in [2.75, 3.05) is 31.1 Å². The van der Waals surface area contributed by atoms with E-state index >= 15 is 0 Å². The summed E-state index contributed by atoms with van der Waals surface area (Å²) in [6.45, 7) is 5.54. The monoisotopic (exact) mass is 489 g/mol. The maximum Gasteiger partial charge on any atom is 0.243 e. The second-order valence-electron chi connectivity index (χ2n) is 9.23. The van der Waals surface area contributed by atoms with Gasteiger partial charge in [-0.1, -0.05) is 30.7 Å². The Bertz CT molecular complexity index is 1060. The Hall–Kier alpha value is -2.09. The van der Waals surface area contributed by atoms with Crippen LogP contribution in [0.15, 0.2) is 53.4 Å². The lowest BCUT2D eigenvalue weighted by Crippen LogP contribution is -2.45. The van der Waals surface area contributed by atoms with Crippen LogP contribution >= 0.6 is 11.6 Å². The van der Waals surface area contributed by atoms with Crippen LogP contribution in [-0.2, 0) is 21.4 Å². The molecule has 2 heterocycles. The van der Waals surface area contributed by atoms with Crippen molar-refractivity contribution >= 4 is 33.2 Å². The number of rotatable bonds is 6. The number of nitrogens with one attached hydrogen (secondary N) is 1. The number of benzene rings is 2. The van der Waals surface area contributed by atoms with Gasteiger partial charge < -0.3 is 10.2 Å². The Labute approximate surface area is 202 Å². The highest BCUT2D eigenvalue weighted by molar-refractivity contribution is 7.89. The molecule has 2 fully saturated rings. The van der Waals surface area contributed by atoms with Gasteiger partial charge in [0.1, 0.15) is 0 Å². The number of hydrogen-bond acceptors (Lipinski definition) is 4. The van der Waals surface area contributed by atoms with Crippen molar-refractivity contribution in [3.63, 3.8) is 0 Å². The summed E-state index contributed by atoms with van der Waals surface area (Å²) in [6, 6.07) is 14.5. The first-order valence-electron chi connectivity index (χ1n) is 11.7. The third kappa shape index (κ3) is 5.89. The van der Waals surface area contributed by atoms with Crippen LogP contribution in [0.25, 0.3) is 0 Å². The number of halogens is 1. The molecule has 0 saturated carbocycles. The molecule has 2 aromatic carbocycles. The van der Waals surface area contributed by atoms with Crippen molar-refractivity contribution in [3.05, 3.63) is 59.1 Å². The Morgan fingerprint density at radius 3 is 2.39 bits per heavy atom. The normalized spacial score (nSPS) is 22.2. The first kappa shape index (κ1) is 24.0. The number of sulfonamides is 1. The summed E-state index contributed by atoms with van der Waals surface area (Å²) in [6.07, 6.45) is 3.86. The first-order chi connectivity index (χ1) is 15.8. The predicted molar refractivity (Wildman–Crippen MR) is 132 cm³/mol. The Kier molecular flexibility index (Phi) is 7.62.